The molecule has 0 atom stereocenters. The quantitative estimate of drug-likeness (QED) is 0.763. The number of anilines is 2. The molecule has 0 aromatic heterocycles. The monoisotopic (exact) mass is 407 g/mol. The van der Waals surface area contributed by atoms with Crippen LogP contribution in [0.25, 0.3) is 0 Å². The highest BCUT2D eigenvalue weighted by atomic mass is 32.2. The fourth-order valence-electron chi connectivity index (χ4n) is 3.23. The lowest BCUT2D eigenvalue weighted by Gasteiger charge is -2.36. The van der Waals surface area contributed by atoms with Crippen molar-refractivity contribution in [3.05, 3.63) is 59.4 Å². The molecule has 1 aliphatic heterocycles. The van der Waals surface area contributed by atoms with Crippen molar-refractivity contribution in [3.63, 3.8) is 0 Å². The third kappa shape index (κ3) is 4.99. The Morgan fingerprint density at radius 1 is 1.14 bits per heavy atom. The fraction of sp³-hybridized carbons (Fsp3) is 0.316. The zero-order chi connectivity index (χ0) is 20.3. The maximum Gasteiger partial charge on any atom is 0.337 e. The minimum Gasteiger partial charge on any atom is -0.478 e. The van der Waals surface area contributed by atoms with Crippen LogP contribution < -0.4 is 9.62 Å². The van der Waals surface area contributed by atoms with Crippen LogP contribution in [-0.2, 0) is 16.6 Å². The Morgan fingerprint density at radius 2 is 1.82 bits per heavy atom. The topological polar surface area (TPSA) is 90.0 Å². The number of hydrogen-bond donors (Lipinski definition) is 2. The molecule has 3 rings (SSSR count). The van der Waals surface area contributed by atoms with Crippen LogP contribution in [0.15, 0.2) is 42.5 Å². The van der Waals surface area contributed by atoms with E-state index in [1.165, 1.54) is 18.2 Å². The number of rotatable bonds is 6. The van der Waals surface area contributed by atoms with Crippen LogP contribution in [0.1, 0.15) is 15.9 Å². The molecule has 9 heteroatoms. The second-order valence-electron chi connectivity index (χ2n) is 6.76. The number of aromatic carboxylic acids is 1. The highest BCUT2D eigenvalue weighted by molar-refractivity contribution is 7.92. The fourth-order valence-corrected chi connectivity index (χ4v) is 3.80. The number of carboxylic acids is 1. The van der Waals surface area contributed by atoms with Gasteiger partial charge in [-0.05, 0) is 24.3 Å². The Hall–Kier alpha value is -2.65. The minimum atomic E-state index is -3.58. The summed E-state index contributed by atoms with van der Waals surface area (Å²) < 4.78 is 38.9. The summed E-state index contributed by atoms with van der Waals surface area (Å²) in [7, 11) is -3.58. The van der Waals surface area contributed by atoms with E-state index >= 15 is 0 Å². The number of sulfonamides is 1. The summed E-state index contributed by atoms with van der Waals surface area (Å²) in [5.41, 5.74) is 1.30. The summed E-state index contributed by atoms with van der Waals surface area (Å²) >= 11 is 0. The van der Waals surface area contributed by atoms with Crippen molar-refractivity contribution >= 4 is 27.4 Å². The van der Waals surface area contributed by atoms with Crippen molar-refractivity contribution in [2.75, 3.05) is 42.1 Å². The number of halogens is 1. The van der Waals surface area contributed by atoms with Gasteiger partial charge in [-0.1, -0.05) is 18.2 Å². The molecule has 0 radical (unpaired) electrons. The predicted molar refractivity (Wildman–Crippen MR) is 106 cm³/mol. The van der Waals surface area contributed by atoms with Gasteiger partial charge in [-0.2, -0.15) is 0 Å². The molecule has 0 aliphatic carbocycles. The van der Waals surface area contributed by atoms with E-state index in [-0.39, 0.29) is 17.1 Å². The summed E-state index contributed by atoms with van der Waals surface area (Å²) in [4.78, 5) is 15.7. The van der Waals surface area contributed by atoms with Gasteiger partial charge in [0.15, 0.2) is 0 Å². The lowest BCUT2D eigenvalue weighted by Crippen LogP contribution is -2.46. The Bertz CT molecular complexity index is 973. The van der Waals surface area contributed by atoms with E-state index in [1.54, 1.807) is 18.2 Å². The molecule has 7 nitrogen and oxygen atoms in total. The third-order valence-corrected chi connectivity index (χ3v) is 5.21. The van der Waals surface area contributed by atoms with E-state index in [2.05, 4.69) is 9.62 Å². The number of carbonyl (C=O) groups is 1. The Morgan fingerprint density at radius 3 is 2.43 bits per heavy atom. The SMILES string of the molecule is CS(=O)(=O)Nc1ccc(N2CCN(Cc3ccccc3F)CC2)cc1C(=O)O. The van der Waals surface area contributed by atoms with Crippen molar-refractivity contribution in [1.29, 1.82) is 0 Å². The van der Waals surface area contributed by atoms with Gasteiger partial charge < -0.3 is 10.0 Å². The van der Waals surface area contributed by atoms with Gasteiger partial charge in [0.2, 0.25) is 10.0 Å². The number of nitrogens with zero attached hydrogens (tertiary/aromatic N) is 2. The number of hydrogen-bond acceptors (Lipinski definition) is 5. The summed E-state index contributed by atoms with van der Waals surface area (Å²) in [5, 5.41) is 9.42. The molecule has 0 amide bonds. The molecule has 1 fully saturated rings. The zero-order valence-electron chi connectivity index (χ0n) is 15.4. The summed E-state index contributed by atoms with van der Waals surface area (Å²) in [6, 6.07) is 11.3. The second kappa shape index (κ2) is 8.15. The van der Waals surface area contributed by atoms with E-state index in [0.29, 0.717) is 44.0 Å². The van der Waals surface area contributed by atoms with Crippen molar-refractivity contribution in [2.24, 2.45) is 0 Å². The number of piperazine rings is 1. The average molecular weight is 407 g/mol. The maximum atomic E-state index is 13.8. The summed E-state index contributed by atoms with van der Waals surface area (Å²) in [6.45, 7) is 3.26. The van der Waals surface area contributed by atoms with E-state index in [4.69, 9.17) is 0 Å². The molecule has 2 N–H and O–H groups in total. The Labute approximate surface area is 163 Å². The lowest BCUT2D eigenvalue weighted by atomic mass is 10.1. The largest absolute Gasteiger partial charge is 0.478 e. The van der Waals surface area contributed by atoms with Crippen LogP contribution in [0.4, 0.5) is 15.8 Å². The van der Waals surface area contributed by atoms with Gasteiger partial charge in [-0.3, -0.25) is 9.62 Å². The summed E-state index contributed by atoms with van der Waals surface area (Å²) in [5.74, 6) is -1.42. The van der Waals surface area contributed by atoms with Crippen molar-refractivity contribution < 1.29 is 22.7 Å². The highest BCUT2D eigenvalue weighted by Crippen LogP contribution is 2.25. The van der Waals surface area contributed by atoms with Crippen LogP contribution in [0, 0.1) is 5.82 Å². The first kappa shape index (κ1) is 20.1. The second-order valence-corrected chi connectivity index (χ2v) is 8.51. The molecular formula is C19H22FN3O4S. The number of nitrogens with one attached hydrogen (secondary N) is 1. The Kier molecular flexibility index (Phi) is 5.85. The van der Waals surface area contributed by atoms with Crippen LogP contribution >= 0.6 is 0 Å². The lowest BCUT2D eigenvalue weighted by molar-refractivity contribution is 0.0698. The number of carboxylic acid groups (broad SMARTS) is 1. The smallest absolute Gasteiger partial charge is 0.337 e. The van der Waals surface area contributed by atoms with Crippen LogP contribution in [0.3, 0.4) is 0 Å². The van der Waals surface area contributed by atoms with Crippen LogP contribution in [0.2, 0.25) is 0 Å². The van der Waals surface area contributed by atoms with Crippen LogP contribution in [-0.4, -0.2) is 56.8 Å². The molecule has 0 unspecified atom stereocenters. The molecule has 0 bridgehead atoms. The van der Waals surface area contributed by atoms with Gasteiger partial charge in [-0.25, -0.2) is 17.6 Å². The van der Waals surface area contributed by atoms with Gasteiger partial charge in [-0.15, -0.1) is 0 Å². The molecule has 28 heavy (non-hydrogen) atoms. The number of benzene rings is 2. The van der Waals surface area contributed by atoms with E-state index in [1.807, 2.05) is 11.0 Å². The average Bonchev–Trinajstić information content (AvgIpc) is 2.63. The first-order valence-electron chi connectivity index (χ1n) is 8.79. The molecule has 2 aromatic carbocycles. The van der Waals surface area contributed by atoms with Crippen molar-refractivity contribution in [3.8, 4) is 0 Å². The standard InChI is InChI=1S/C19H22FN3O4S/c1-28(26,27)21-18-7-6-15(12-16(18)19(24)25)23-10-8-22(9-11-23)13-14-4-2-3-5-17(14)20/h2-7,12,21H,8-11,13H2,1H3,(H,24,25). The van der Waals surface area contributed by atoms with Gasteiger partial charge in [0.05, 0.1) is 17.5 Å². The van der Waals surface area contributed by atoms with E-state index < -0.39 is 16.0 Å². The van der Waals surface area contributed by atoms with E-state index in [9.17, 15) is 22.7 Å². The predicted octanol–water partition coefficient (Wildman–Crippen LogP) is 2.22. The van der Waals surface area contributed by atoms with Gasteiger partial charge in [0.1, 0.15) is 5.82 Å². The van der Waals surface area contributed by atoms with Crippen LogP contribution in [0.5, 0.6) is 0 Å². The van der Waals surface area contributed by atoms with Gasteiger partial charge in [0.25, 0.3) is 0 Å². The molecule has 0 saturated carbocycles. The van der Waals surface area contributed by atoms with E-state index in [0.717, 1.165) is 6.26 Å². The first-order valence-corrected chi connectivity index (χ1v) is 10.7. The Balaban J connectivity index is 1.69. The highest BCUT2D eigenvalue weighted by Gasteiger charge is 2.21. The summed E-state index contributed by atoms with van der Waals surface area (Å²) in [6.07, 6.45) is 0.974. The molecule has 1 saturated heterocycles. The van der Waals surface area contributed by atoms with Gasteiger partial charge >= 0.3 is 5.97 Å². The minimum absolute atomic E-state index is 0.0388. The molecule has 1 aliphatic rings. The molecule has 150 valence electrons. The van der Waals surface area contributed by atoms with Crippen molar-refractivity contribution in [2.45, 2.75) is 6.54 Å². The van der Waals surface area contributed by atoms with Crippen molar-refractivity contribution in [1.82, 2.24) is 4.90 Å². The normalized spacial score (nSPS) is 15.4. The molecular weight excluding hydrogens is 385 g/mol. The maximum absolute atomic E-state index is 13.8. The molecule has 0 spiro atoms. The van der Waals surface area contributed by atoms with Gasteiger partial charge in [0, 0.05) is 44.0 Å². The first-order chi connectivity index (χ1) is 13.2. The third-order valence-electron chi connectivity index (χ3n) is 4.62. The molecule has 1 heterocycles. The zero-order valence-corrected chi connectivity index (χ0v) is 16.2. The molecule has 2 aromatic rings.